The van der Waals surface area contributed by atoms with Crippen molar-refractivity contribution in [2.24, 2.45) is 0 Å². The molecular formula is C9H14ClNS. The van der Waals surface area contributed by atoms with Crippen LogP contribution in [0.5, 0.6) is 0 Å². The Hall–Kier alpha value is -0.340. The van der Waals surface area contributed by atoms with Gasteiger partial charge >= 0.3 is 0 Å². The second kappa shape index (κ2) is 6.21. The zero-order valence-electron chi connectivity index (χ0n) is 7.03. The van der Waals surface area contributed by atoms with Gasteiger partial charge in [0.15, 0.2) is 0 Å². The summed E-state index contributed by atoms with van der Waals surface area (Å²) in [6.07, 6.45) is 0. The summed E-state index contributed by atoms with van der Waals surface area (Å²) in [4.78, 5) is 0. The van der Waals surface area contributed by atoms with Gasteiger partial charge in [-0.3, -0.25) is 0 Å². The molecule has 1 atom stereocenters. The van der Waals surface area contributed by atoms with Gasteiger partial charge in [0.05, 0.1) is 0 Å². The molecule has 0 unspecified atom stereocenters. The van der Waals surface area contributed by atoms with Gasteiger partial charge in [-0.1, -0.05) is 18.2 Å². The molecule has 1 aromatic carbocycles. The highest BCUT2D eigenvalue weighted by Gasteiger charge is 1.96. The molecule has 3 heteroatoms. The molecule has 0 spiro atoms. The predicted molar refractivity (Wildman–Crippen MR) is 60.6 cm³/mol. The lowest BCUT2D eigenvalue weighted by atomic mass is 10.3. The molecule has 1 rings (SSSR count). The van der Waals surface area contributed by atoms with Crippen LogP contribution in [0.3, 0.4) is 0 Å². The first-order valence-electron chi connectivity index (χ1n) is 3.75. The fourth-order valence-corrected chi connectivity index (χ4v) is 0.956. The van der Waals surface area contributed by atoms with Crippen molar-refractivity contribution < 1.29 is 0 Å². The molecule has 0 heterocycles. The van der Waals surface area contributed by atoms with Crippen molar-refractivity contribution in [2.45, 2.75) is 13.0 Å². The molecule has 1 aromatic rings. The maximum Gasteiger partial charge on any atom is 0.0342 e. The SMILES string of the molecule is C[C@@H](CS)Nc1ccccc1.Cl. The van der Waals surface area contributed by atoms with Crippen LogP contribution in [0.4, 0.5) is 5.69 Å². The number of hydrogen-bond donors (Lipinski definition) is 2. The van der Waals surface area contributed by atoms with E-state index in [2.05, 4.69) is 37.0 Å². The van der Waals surface area contributed by atoms with Gasteiger partial charge in [-0.15, -0.1) is 12.4 Å². The van der Waals surface area contributed by atoms with Gasteiger partial charge in [0.25, 0.3) is 0 Å². The molecule has 0 aliphatic heterocycles. The molecule has 68 valence electrons. The van der Waals surface area contributed by atoms with Crippen LogP contribution in [0.25, 0.3) is 0 Å². The number of halogens is 1. The molecule has 1 nitrogen and oxygen atoms in total. The van der Waals surface area contributed by atoms with E-state index in [4.69, 9.17) is 0 Å². The van der Waals surface area contributed by atoms with E-state index in [1.54, 1.807) is 0 Å². The molecule has 0 bridgehead atoms. The molecule has 0 saturated carbocycles. The lowest BCUT2D eigenvalue weighted by molar-refractivity contribution is 0.917. The van der Waals surface area contributed by atoms with E-state index < -0.39 is 0 Å². The second-order valence-corrected chi connectivity index (χ2v) is 2.96. The monoisotopic (exact) mass is 203 g/mol. The lowest BCUT2D eigenvalue weighted by Crippen LogP contribution is -2.16. The fourth-order valence-electron chi connectivity index (χ4n) is 0.865. The summed E-state index contributed by atoms with van der Waals surface area (Å²) in [5.74, 6) is 0.856. The highest BCUT2D eigenvalue weighted by molar-refractivity contribution is 7.80. The van der Waals surface area contributed by atoms with Gasteiger partial charge in [0.1, 0.15) is 0 Å². The Morgan fingerprint density at radius 3 is 2.42 bits per heavy atom. The standard InChI is InChI=1S/C9H13NS.ClH/c1-8(7-11)10-9-5-3-2-4-6-9;/h2-6,8,10-11H,7H2,1H3;1H/t8-;/m0./s1. The number of rotatable bonds is 3. The largest absolute Gasteiger partial charge is 0.382 e. The van der Waals surface area contributed by atoms with Gasteiger partial charge in [-0.25, -0.2) is 0 Å². The molecule has 12 heavy (non-hydrogen) atoms. The van der Waals surface area contributed by atoms with E-state index in [9.17, 15) is 0 Å². The molecular weight excluding hydrogens is 190 g/mol. The molecule has 0 fully saturated rings. The van der Waals surface area contributed by atoms with Crippen LogP contribution >= 0.6 is 25.0 Å². The lowest BCUT2D eigenvalue weighted by Gasteiger charge is -2.11. The Labute approximate surface area is 85.4 Å². The minimum Gasteiger partial charge on any atom is -0.382 e. The Kier molecular flexibility index (Phi) is 6.03. The highest BCUT2D eigenvalue weighted by Crippen LogP contribution is 2.06. The summed E-state index contributed by atoms with van der Waals surface area (Å²) >= 11 is 4.18. The normalized spacial score (nSPS) is 11.5. The summed E-state index contributed by atoms with van der Waals surface area (Å²) in [7, 11) is 0. The summed E-state index contributed by atoms with van der Waals surface area (Å²) < 4.78 is 0. The van der Waals surface area contributed by atoms with E-state index in [-0.39, 0.29) is 12.4 Å². The van der Waals surface area contributed by atoms with Crippen molar-refractivity contribution in [1.82, 2.24) is 0 Å². The first-order chi connectivity index (χ1) is 5.33. The van der Waals surface area contributed by atoms with Crippen molar-refractivity contribution in [2.75, 3.05) is 11.1 Å². The van der Waals surface area contributed by atoms with E-state index in [1.807, 2.05) is 18.2 Å². The predicted octanol–water partition coefficient (Wildman–Crippen LogP) is 2.84. The van der Waals surface area contributed by atoms with Gasteiger partial charge in [-0.2, -0.15) is 12.6 Å². The smallest absolute Gasteiger partial charge is 0.0342 e. The summed E-state index contributed by atoms with van der Waals surface area (Å²) in [5.41, 5.74) is 1.16. The van der Waals surface area contributed by atoms with Gasteiger partial charge in [0, 0.05) is 17.5 Å². The first kappa shape index (κ1) is 11.7. The zero-order chi connectivity index (χ0) is 8.10. The quantitative estimate of drug-likeness (QED) is 0.721. The van der Waals surface area contributed by atoms with Crippen LogP contribution in [0.1, 0.15) is 6.92 Å². The number of anilines is 1. The minimum atomic E-state index is 0. The number of hydrogen-bond acceptors (Lipinski definition) is 2. The van der Waals surface area contributed by atoms with Crippen molar-refractivity contribution in [3.63, 3.8) is 0 Å². The Balaban J connectivity index is 0.00000121. The van der Waals surface area contributed by atoms with Gasteiger partial charge in [0.2, 0.25) is 0 Å². The number of benzene rings is 1. The fraction of sp³-hybridized carbons (Fsp3) is 0.333. The molecule has 0 aromatic heterocycles. The molecule has 0 aliphatic rings. The third-order valence-electron chi connectivity index (χ3n) is 1.46. The van der Waals surface area contributed by atoms with Gasteiger partial charge < -0.3 is 5.32 Å². The van der Waals surface area contributed by atoms with Crippen molar-refractivity contribution in [3.05, 3.63) is 30.3 Å². The first-order valence-corrected chi connectivity index (χ1v) is 4.38. The van der Waals surface area contributed by atoms with Crippen LogP contribution < -0.4 is 5.32 Å². The molecule has 0 radical (unpaired) electrons. The van der Waals surface area contributed by atoms with Crippen LogP contribution in [0, 0.1) is 0 Å². The highest BCUT2D eigenvalue weighted by atomic mass is 35.5. The zero-order valence-corrected chi connectivity index (χ0v) is 8.74. The Morgan fingerprint density at radius 1 is 1.33 bits per heavy atom. The van der Waals surface area contributed by atoms with Crippen molar-refractivity contribution in [3.8, 4) is 0 Å². The summed E-state index contributed by atoms with van der Waals surface area (Å²) in [6.45, 7) is 2.11. The van der Waals surface area contributed by atoms with E-state index >= 15 is 0 Å². The molecule has 1 N–H and O–H groups in total. The topological polar surface area (TPSA) is 12.0 Å². The maximum absolute atomic E-state index is 4.18. The maximum atomic E-state index is 4.18. The Morgan fingerprint density at radius 2 is 1.92 bits per heavy atom. The van der Waals surface area contributed by atoms with Crippen molar-refractivity contribution in [1.29, 1.82) is 0 Å². The average molecular weight is 204 g/mol. The van der Waals surface area contributed by atoms with Crippen molar-refractivity contribution >= 4 is 30.7 Å². The van der Waals surface area contributed by atoms with Crippen LogP contribution in [0.2, 0.25) is 0 Å². The summed E-state index contributed by atoms with van der Waals surface area (Å²) in [6, 6.07) is 10.6. The third kappa shape index (κ3) is 3.88. The molecule has 0 aliphatic carbocycles. The number of para-hydroxylation sites is 1. The van der Waals surface area contributed by atoms with Crippen LogP contribution in [-0.2, 0) is 0 Å². The second-order valence-electron chi connectivity index (χ2n) is 2.59. The van der Waals surface area contributed by atoms with E-state index in [0.717, 1.165) is 11.4 Å². The summed E-state index contributed by atoms with van der Waals surface area (Å²) in [5, 5.41) is 3.32. The Bertz CT molecular complexity index is 203. The molecule has 0 amide bonds. The van der Waals surface area contributed by atoms with Crippen LogP contribution in [-0.4, -0.2) is 11.8 Å². The average Bonchev–Trinajstić information content (AvgIpc) is 2.06. The molecule has 0 saturated heterocycles. The third-order valence-corrected chi connectivity index (χ3v) is 2.01. The number of thiol groups is 1. The van der Waals surface area contributed by atoms with E-state index in [1.165, 1.54) is 0 Å². The van der Waals surface area contributed by atoms with Gasteiger partial charge in [-0.05, 0) is 19.1 Å². The van der Waals surface area contributed by atoms with E-state index in [0.29, 0.717) is 6.04 Å². The van der Waals surface area contributed by atoms with Crippen LogP contribution in [0.15, 0.2) is 30.3 Å². The minimum absolute atomic E-state index is 0. The number of nitrogens with one attached hydrogen (secondary N) is 1.